The summed E-state index contributed by atoms with van der Waals surface area (Å²) in [5.41, 5.74) is -2.03. The summed E-state index contributed by atoms with van der Waals surface area (Å²) in [4.78, 5) is 23.3. The van der Waals surface area contributed by atoms with E-state index in [1.807, 2.05) is 11.0 Å². The lowest BCUT2D eigenvalue weighted by Gasteiger charge is -2.34. The zero-order valence-corrected chi connectivity index (χ0v) is 24.5. The van der Waals surface area contributed by atoms with Gasteiger partial charge < -0.3 is 19.5 Å². The van der Waals surface area contributed by atoms with Crippen LogP contribution in [0.5, 0.6) is 11.5 Å². The minimum Gasteiger partial charge on any atom is -0.493 e. The Kier molecular flexibility index (Phi) is 9.44. The number of amidine groups is 1. The topological polar surface area (TPSA) is 84.3 Å². The van der Waals surface area contributed by atoms with Crippen LogP contribution in [0.2, 0.25) is 0 Å². The van der Waals surface area contributed by atoms with Crippen molar-refractivity contribution in [2.75, 3.05) is 20.2 Å². The summed E-state index contributed by atoms with van der Waals surface area (Å²) in [7, 11) is 1.32. The molecule has 1 atom stereocenters. The molecule has 1 saturated heterocycles. The third kappa shape index (κ3) is 7.61. The molecule has 14 heteroatoms. The molecule has 0 saturated carbocycles. The van der Waals surface area contributed by atoms with Gasteiger partial charge in [0.05, 0.1) is 29.2 Å². The number of amides is 1. The van der Waals surface area contributed by atoms with Gasteiger partial charge in [-0.05, 0) is 78.1 Å². The molecule has 3 heterocycles. The zero-order chi connectivity index (χ0) is 32.4. The van der Waals surface area contributed by atoms with Crippen molar-refractivity contribution in [3.63, 3.8) is 0 Å². The van der Waals surface area contributed by atoms with Crippen LogP contribution in [0.4, 0.5) is 26.3 Å². The number of nitrogens with zero attached hydrogens (tertiary/aromatic N) is 3. The van der Waals surface area contributed by atoms with Crippen LogP contribution in [-0.2, 0) is 23.8 Å². The van der Waals surface area contributed by atoms with Crippen LogP contribution in [0.25, 0.3) is 6.08 Å². The lowest BCUT2D eigenvalue weighted by Crippen LogP contribution is -2.38. The van der Waals surface area contributed by atoms with Crippen molar-refractivity contribution < 1.29 is 45.7 Å². The number of pyridine rings is 1. The summed E-state index contributed by atoms with van der Waals surface area (Å²) < 4.78 is 90.4. The number of carbonyl (C=O) groups excluding carboxylic acids is 1. The number of likely N-dealkylation sites (tertiary alicyclic amines) is 1. The summed E-state index contributed by atoms with van der Waals surface area (Å²) in [6.07, 6.45) is -4.26. The highest BCUT2D eigenvalue weighted by atomic mass is 32.2. The maximum absolute atomic E-state index is 13.5. The van der Waals surface area contributed by atoms with Crippen LogP contribution in [0, 0.1) is 5.92 Å². The van der Waals surface area contributed by atoms with Crippen molar-refractivity contribution in [3.05, 3.63) is 93.6 Å². The first-order valence-corrected chi connectivity index (χ1v) is 14.6. The number of alkyl halides is 6. The van der Waals surface area contributed by atoms with Gasteiger partial charge in [0.1, 0.15) is 6.61 Å². The van der Waals surface area contributed by atoms with Crippen LogP contribution >= 0.6 is 11.8 Å². The summed E-state index contributed by atoms with van der Waals surface area (Å²) >= 11 is 1.21. The maximum Gasteiger partial charge on any atom is 0.416 e. The predicted octanol–water partition coefficient (Wildman–Crippen LogP) is 7.12. The van der Waals surface area contributed by atoms with E-state index in [9.17, 15) is 36.2 Å². The molecule has 1 N–H and O–H groups in total. The molecule has 1 amide bonds. The van der Waals surface area contributed by atoms with Crippen molar-refractivity contribution in [1.29, 1.82) is 0 Å². The molecule has 0 radical (unpaired) electrons. The molecule has 238 valence electrons. The first-order valence-electron chi connectivity index (χ1n) is 13.8. The number of halogens is 6. The van der Waals surface area contributed by atoms with Gasteiger partial charge in [-0.15, -0.1) is 0 Å². The Bertz CT molecular complexity index is 1600. The van der Waals surface area contributed by atoms with Gasteiger partial charge in [-0.2, -0.15) is 31.3 Å². The minimum atomic E-state index is -5.02. The van der Waals surface area contributed by atoms with E-state index in [1.54, 1.807) is 30.6 Å². The molecule has 1 fully saturated rings. The van der Waals surface area contributed by atoms with Gasteiger partial charge in [0.15, 0.2) is 16.7 Å². The fourth-order valence-corrected chi connectivity index (χ4v) is 6.07. The minimum absolute atomic E-state index is 0.0515. The van der Waals surface area contributed by atoms with Crippen LogP contribution in [0.3, 0.4) is 0 Å². The lowest BCUT2D eigenvalue weighted by atomic mass is 9.88. The highest BCUT2D eigenvalue weighted by Crippen LogP contribution is 2.39. The number of aliphatic hydroxyl groups is 1. The molecule has 1 aromatic heterocycles. The van der Waals surface area contributed by atoms with Gasteiger partial charge in [-0.3, -0.25) is 9.78 Å². The fourth-order valence-electron chi connectivity index (χ4n) is 5.11. The van der Waals surface area contributed by atoms with E-state index < -0.39 is 47.7 Å². The molecule has 2 aliphatic rings. The molecule has 2 aliphatic heterocycles. The molecule has 7 nitrogen and oxygen atoms in total. The van der Waals surface area contributed by atoms with Gasteiger partial charge in [0, 0.05) is 31.0 Å². The maximum atomic E-state index is 13.5. The van der Waals surface area contributed by atoms with Gasteiger partial charge in [0.2, 0.25) is 0 Å². The Labute approximate surface area is 258 Å². The highest BCUT2D eigenvalue weighted by molar-refractivity contribution is 8.18. The summed E-state index contributed by atoms with van der Waals surface area (Å²) in [6, 6.07) is 9.52. The highest BCUT2D eigenvalue weighted by Gasteiger charge is 2.38. The number of ether oxygens (including phenoxy) is 2. The van der Waals surface area contributed by atoms with Crippen LogP contribution in [0.15, 0.2) is 70.8 Å². The Balaban J connectivity index is 1.23. The summed E-state index contributed by atoms with van der Waals surface area (Å²) in [5.74, 6) is -0.161. The summed E-state index contributed by atoms with van der Waals surface area (Å²) in [5, 5.41) is 11.3. The van der Waals surface area contributed by atoms with Crippen molar-refractivity contribution in [2.24, 2.45) is 10.9 Å². The molecule has 0 aliphatic carbocycles. The van der Waals surface area contributed by atoms with Crippen LogP contribution < -0.4 is 9.47 Å². The first-order chi connectivity index (χ1) is 21.3. The van der Waals surface area contributed by atoms with Gasteiger partial charge in [0.25, 0.3) is 5.91 Å². The number of piperidine rings is 1. The quantitative estimate of drug-likeness (QED) is 0.215. The molecule has 1 unspecified atom stereocenters. The monoisotopic (exact) mass is 651 g/mol. The standard InChI is InChI=1S/C31H27F6N3O4S/c1-43-25-13-18(4-7-24(25)44-17-21-5-6-22(30(32,33)34)15-23(21)31(35,36)37)14-26-28(42)39-29(45-26)40-11-8-19(9-12-40)27(41)20-3-2-10-38-16-20/h2-7,10,13-16,19,27,41H,8-9,11-12,17H2,1H3. The number of hydrogen-bond acceptors (Lipinski definition) is 7. The molecule has 0 spiro atoms. The third-order valence-corrected chi connectivity index (χ3v) is 8.55. The number of benzene rings is 2. The second-order valence-electron chi connectivity index (χ2n) is 10.4. The van der Waals surface area contributed by atoms with Crippen molar-refractivity contribution in [3.8, 4) is 11.5 Å². The molecule has 0 bridgehead atoms. The Morgan fingerprint density at radius 3 is 2.44 bits per heavy atom. The van der Waals surface area contributed by atoms with E-state index in [-0.39, 0.29) is 23.5 Å². The third-order valence-electron chi connectivity index (χ3n) is 7.50. The van der Waals surface area contributed by atoms with Crippen molar-refractivity contribution >= 4 is 28.9 Å². The molecule has 5 rings (SSSR count). The molecular weight excluding hydrogens is 624 g/mol. The van der Waals surface area contributed by atoms with E-state index in [1.165, 1.54) is 31.0 Å². The lowest BCUT2D eigenvalue weighted by molar-refractivity contribution is -0.143. The number of aromatic nitrogens is 1. The predicted molar refractivity (Wildman–Crippen MR) is 155 cm³/mol. The Hall–Kier alpha value is -4.04. The fraction of sp³-hybridized carbons (Fsp3) is 0.323. The molecular formula is C31H27F6N3O4S. The summed E-state index contributed by atoms with van der Waals surface area (Å²) in [6.45, 7) is 0.567. The zero-order valence-electron chi connectivity index (χ0n) is 23.7. The van der Waals surface area contributed by atoms with E-state index in [4.69, 9.17) is 9.47 Å². The smallest absolute Gasteiger partial charge is 0.416 e. The average Bonchev–Trinajstić information content (AvgIpc) is 3.39. The first kappa shape index (κ1) is 32.4. The molecule has 45 heavy (non-hydrogen) atoms. The Morgan fingerprint density at radius 1 is 1.04 bits per heavy atom. The average molecular weight is 652 g/mol. The second kappa shape index (κ2) is 13.1. The SMILES string of the molecule is COc1cc(C=C2SC(N3CCC(C(O)c4cccnc4)CC3)=NC2=O)ccc1OCc1ccc(C(F)(F)F)cc1C(F)(F)F. The normalized spacial score (nSPS) is 17.9. The number of rotatable bonds is 7. The largest absolute Gasteiger partial charge is 0.493 e. The van der Waals surface area contributed by atoms with E-state index in [0.29, 0.717) is 47.6 Å². The number of thioether (sulfide) groups is 1. The number of carbonyl (C=O) groups is 1. The van der Waals surface area contributed by atoms with Gasteiger partial charge >= 0.3 is 12.4 Å². The van der Waals surface area contributed by atoms with E-state index in [0.717, 1.165) is 11.6 Å². The Morgan fingerprint density at radius 2 is 1.80 bits per heavy atom. The van der Waals surface area contributed by atoms with Crippen LogP contribution in [-0.4, -0.2) is 46.3 Å². The number of hydrogen-bond donors (Lipinski definition) is 1. The van der Waals surface area contributed by atoms with Crippen LogP contribution in [0.1, 0.15) is 46.8 Å². The second-order valence-corrected chi connectivity index (χ2v) is 11.4. The van der Waals surface area contributed by atoms with Crippen molar-refractivity contribution in [1.82, 2.24) is 9.88 Å². The number of methoxy groups -OCH3 is 1. The van der Waals surface area contributed by atoms with Gasteiger partial charge in [-0.1, -0.05) is 18.2 Å². The van der Waals surface area contributed by atoms with E-state index >= 15 is 0 Å². The van der Waals surface area contributed by atoms with Crippen molar-refractivity contribution in [2.45, 2.75) is 37.9 Å². The van der Waals surface area contributed by atoms with Gasteiger partial charge in [-0.25, -0.2) is 0 Å². The molecule has 2 aromatic carbocycles. The van der Waals surface area contributed by atoms with E-state index in [2.05, 4.69) is 9.98 Å². The molecule has 3 aromatic rings. The number of aliphatic imine (C=N–C) groups is 1. The number of aliphatic hydroxyl groups excluding tert-OH is 1.